The van der Waals surface area contributed by atoms with Crippen LogP contribution in [-0.2, 0) is 4.84 Å². The van der Waals surface area contributed by atoms with Crippen molar-refractivity contribution in [2.24, 2.45) is 0 Å². The smallest absolute Gasteiger partial charge is 0.246 e. The summed E-state index contributed by atoms with van der Waals surface area (Å²) in [5.74, 6) is 0. The lowest BCUT2D eigenvalue weighted by atomic mass is 10.3. The highest BCUT2D eigenvalue weighted by Crippen LogP contribution is 2.22. The van der Waals surface area contributed by atoms with Crippen molar-refractivity contribution in [3.8, 4) is 0 Å². The van der Waals surface area contributed by atoms with Crippen molar-refractivity contribution in [3.63, 3.8) is 0 Å². The molecule has 0 saturated heterocycles. The van der Waals surface area contributed by atoms with Gasteiger partial charge in [0.05, 0.1) is 5.69 Å². The molecule has 1 aromatic rings. The largest absolute Gasteiger partial charge is 0.544 e. The van der Waals surface area contributed by atoms with Gasteiger partial charge in [-0.25, -0.2) is 5.06 Å². The molecule has 0 aromatic heterocycles. The Hall–Kier alpha value is -0.940. The minimum atomic E-state index is -4.65. The van der Waals surface area contributed by atoms with Gasteiger partial charge in [0.2, 0.25) is 0 Å². The number of alkyl halides is 3. The van der Waals surface area contributed by atoms with Gasteiger partial charge in [-0.1, -0.05) is 18.2 Å². The molecule has 6 heteroatoms. The van der Waals surface area contributed by atoms with Gasteiger partial charge in [-0.05, 0) is 19.1 Å². The van der Waals surface area contributed by atoms with E-state index >= 15 is 0 Å². The van der Waals surface area contributed by atoms with Crippen molar-refractivity contribution in [1.29, 1.82) is 0 Å². The molecule has 0 bridgehead atoms. The molecule has 0 saturated carbocycles. The molecule has 0 radical (unpaired) electrons. The standard InChI is InChI=1S/C9H10F3NO.ClH/c1-2-13(14-9(10,11)12)8-6-4-3-5-7-8;/h3-7H,2H2,1H3;1H. The fraction of sp³-hybridized carbons (Fsp3) is 0.333. The lowest BCUT2D eigenvalue weighted by Gasteiger charge is -2.22. The highest BCUT2D eigenvalue weighted by Gasteiger charge is 2.33. The zero-order valence-corrected chi connectivity index (χ0v) is 8.81. The average molecular weight is 242 g/mol. The van der Waals surface area contributed by atoms with Crippen molar-refractivity contribution < 1.29 is 18.0 Å². The number of hydroxylamine groups is 1. The van der Waals surface area contributed by atoms with Gasteiger partial charge < -0.3 is 0 Å². The van der Waals surface area contributed by atoms with Crippen molar-refractivity contribution in [2.45, 2.75) is 13.3 Å². The van der Waals surface area contributed by atoms with E-state index in [1.54, 1.807) is 37.3 Å². The average Bonchev–Trinajstić information content (AvgIpc) is 2.14. The summed E-state index contributed by atoms with van der Waals surface area (Å²) in [6, 6.07) is 8.13. The number of halogens is 4. The Labute approximate surface area is 92.0 Å². The van der Waals surface area contributed by atoms with E-state index in [2.05, 4.69) is 4.84 Å². The monoisotopic (exact) mass is 241 g/mol. The van der Waals surface area contributed by atoms with Gasteiger partial charge in [-0.15, -0.1) is 25.6 Å². The Morgan fingerprint density at radius 1 is 1.20 bits per heavy atom. The number of benzene rings is 1. The van der Waals surface area contributed by atoms with E-state index in [0.29, 0.717) is 5.69 Å². The Bertz CT molecular complexity index is 278. The molecule has 86 valence electrons. The molecule has 0 aliphatic rings. The summed E-state index contributed by atoms with van der Waals surface area (Å²) in [6.07, 6.45) is -4.65. The molecule has 0 aliphatic carbocycles. The minimum absolute atomic E-state index is 0. The zero-order valence-electron chi connectivity index (χ0n) is 7.99. The lowest BCUT2D eigenvalue weighted by Crippen LogP contribution is -2.31. The fourth-order valence-electron chi connectivity index (χ4n) is 1.02. The first kappa shape index (κ1) is 14.1. The third kappa shape index (κ3) is 4.90. The zero-order chi connectivity index (χ0) is 10.6. The second-order valence-corrected chi connectivity index (χ2v) is 2.57. The molecule has 0 unspecified atom stereocenters. The second-order valence-electron chi connectivity index (χ2n) is 2.57. The maximum Gasteiger partial charge on any atom is 0.544 e. The third-order valence-corrected chi connectivity index (χ3v) is 1.55. The van der Waals surface area contributed by atoms with E-state index in [1.807, 2.05) is 0 Å². The number of anilines is 1. The summed E-state index contributed by atoms with van der Waals surface area (Å²) in [6.45, 7) is 1.71. The molecule has 0 amide bonds. The second kappa shape index (κ2) is 5.82. The minimum Gasteiger partial charge on any atom is -0.246 e. The number of nitrogens with zero attached hydrogens (tertiary/aromatic N) is 1. The van der Waals surface area contributed by atoms with Crippen LogP contribution in [0.1, 0.15) is 6.92 Å². The van der Waals surface area contributed by atoms with Crippen molar-refractivity contribution in [2.75, 3.05) is 11.6 Å². The quantitative estimate of drug-likeness (QED) is 0.752. The van der Waals surface area contributed by atoms with Gasteiger partial charge in [-0.2, -0.15) is 4.84 Å². The predicted octanol–water partition coefficient (Wildman–Crippen LogP) is 3.39. The first-order valence-electron chi connectivity index (χ1n) is 4.11. The van der Waals surface area contributed by atoms with E-state index in [4.69, 9.17) is 0 Å². The van der Waals surface area contributed by atoms with Crippen LogP contribution in [0.4, 0.5) is 18.9 Å². The summed E-state index contributed by atoms with van der Waals surface area (Å²) in [4.78, 5) is 3.81. The highest BCUT2D eigenvalue weighted by molar-refractivity contribution is 5.85. The number of hydrogen-bond acceptors (Lipinski definition) is 2. The van der Waals surface area contributed by atoms with Gasteiger partial charge in [0, 0.05) is 6.54 Å². The van der Waals surface area contributed by atoms with E-state index in [0.717, 1.165) is 5.06 Å². The Kier molecular flexibility index (Phi) is 5.46. The van der Waals surface area contributed by atoms with Crippen LogP contribution < -0.4 is 5.06 Å². The van der Waals surface area contributed by atoms with Crippen LogP contribution >= 0.6 is 12.4 Å². The summed E-state index contributed by atoms with van der Waals surface area (Å²) in [5, 5.41) is 0.792. The number of para-hydroxylation sites is 1. The molecule has 1 rings (SSSR count). The molecule has 2 nitrogen and oxygen atoms in total. The summed E-state index contributed by atoms with van der Waals surface area (Å²) < 4.78 is 35.7. The van der Waals surface area contributed by atoms with Crippen LogP contribution in [0.5, 0.6) is 0 Å². The molecular formula is C9H11ClF3NO. The SMILES string of the molecule is CCN(OC(F)(F)F)c1ccccc1.Cl. The highest BCUT2D eigenvalue weighted by atomic mass is 35.5. The van der Waals surface area contributed by atoms with Crippen molar-refractivity contribution in [1.82, 2.24) is 0 Å². The number of rotatable bonds is 3. The van der Waals surface area contributed by atoms with E-state index < -0.39 is 6.36 Å². The van der Waals surface area contributed by atoms with Gasteiger partial charge in [0.25, 0.3) is 0 Å². The first-order valence-corrected chi connectivity index (χ1v) is 4.11. The van der Waals surface area contributed by atoms with Crippen LogP contribution in [-0.4, -0.2) is 12.9 Å². The van der Waals surface area contributed by atoms with Crippen LogP contribution in [0.2, 0.25) is 0 Å². The fourth-order valence-corrected chi connectivity index (χ4v) is 1.02. The van der Waals surface area contributed by atoms with Gasteiger partial charge in [-0.3, -0.25) is 0 Å². The van der Waals surface area contributed by atoms with E-state index in [9.17, 15) is 13.2 Å². The van der Waals surface area contributed by atoms with Crippen molar-refractivity contribution in [3.05, 3.63) is 30.3 Å². The molecule has 0 aliphatic heterocycles. The third-order valence-electron chi connectivity index (χ3n) is 1.55. The maximum atomic E-state index is 11.9. The van der Waals surface area contributed by atoms with Gasteiger partial charge in [0.15, 0.2) is 0 Å². The molecule has 0 fully saturated rings. The Balaban J connectivity index is 0.00000196. The summed E-state index contributed by atoms with van der Waals surface area (Å²) >= 11 is 0. The molecule has 0 spiro atoms. The maximum absolute atomic E-state index is 11.9. The summed E-state index contributed by atoms with van der Waals surface area (Å²) in [5.41, 5.74) is 0.382. The summed E-state index contributed by atoms with van der Waals surface area (Å²) in [7, 11) is 0. The molecule has 0 atom stereocenters. The van der Waals surface area contributed by atoms with E-state index in [-0.39, 0.29) is 19.0 Å². The number of hydrogen-bond donors (Lipinski definition) is 0. The molecule has 0 N–H and O–H groups in total. The van der Waals surface area contributed by atoms with Gasteiger partial charge >= 0.3 is 6.36 Å². The van der Waals surface area contributed by atoms with Crippen LogP contribution in [0.15, 0.2) is 30.3 Å². The first-order chi connectivity index (χ1) is 6.53. The molecule has 1 aromatic carbocycles. The van der Waals surface area contributed by atoms with Crippen LogP contribution in [0.25, 0.3) is 0 Å². The van der Waals surface area contributed by atoms with Crippen LogP contribution in [0.3, 0.4) is 0 Å². The van der Waals surface area contributed by atoms with Gasteiger partial charge in [0.1, 0.15) is 0 Å². The molecule has 15 heavy (non-hydrogen) atoms. The van der Waals surface area contributed by atoms with Crippen LogP contribution in [0, 0.1) is 0 Å². The molecule has 0 heterocycles. The Morgan fingerprint density at radius 3 is 2.13 bits per heavy atom. The van der Waals surface area contributed by atoms with Crippen molar-refractivity contribution >= 4 is 18.1 Å². The topological polar surface area (TPSA) is 12.5 Å². The molecular weight excluding hydrogens is 231 g/mol. The lowest BCUT2D eigenvalue weighted by molar-refractivity contribution is -0.330. The Morgan fingerprint density at radius 2 is 1.73 bits per heavy atom. The normalized spacial score (nSPS) is 10.7. The van der Waals surface area contributed by atoms with E-state index in [1.165, 1.54) is 0 Å². The predicted molar refractivity (Wildman–Crippen MR) is 53.9 cm³/mol.